The van der Waals surface area contributed by atoms with Crippen LogP contribution in [0.3, 0.4) is 0 Å². The number of amides is 2. The second kappa shape index (κ2) is 9.35. The number of nitrogens with zero attached hydrogens (tertiary/aromatic N) is 1. The number of hydrogen-bond donors (Lipinski definition) is 2. The zero-order valence-corrected chi connectivity index (χ0v) is 16.3. The van der Waals surface area contributed by atoms with Gasteiger partial charge in [0.2, 0.25) is 11.8 Å². The highest BCUT2D eigenvalue weighted by atomic mass is 35.5. The second-order valence-corrected chi connectivity index (χ2v) is 6.92. The normalized spacial score (nSPS) is 10.9. The highest BCUT2D eigenvalue weighted by molar-refractivity contribution is 6.36. The molecule has 3 rings (SSSR count). The summed E-state index contributed by atoms with van der Waals surface area (Å²) < 4.78 is 0. The summed E-state index contributed by atoms with van der Waals surface area (Å²) in [6.07, 6.45) is 1.58. The molecule has 0 aliphatic carbocycles. The van der Waals surface area contributed by atoms with Crippen LogP contribution in [0.25, 0.3) is 10.8 Å². The number of carbonyl (C=O) groups excluding carboxylic acids is 2. The molecule has 7 heteroatoms. The topological polar surface area (TPSA) is 70.6 Å². The molecule has 0 aliphatic heterocycles. The Morgan fingerprint density at radius 3 is 2.43 bits per heavy atom. The van der Waals surface area contributed by atoms with Gasteiger partial charge in [-0.1, -0.05) is 59.6 Å². The molecule has 0 aliphatic rings. The van der Waals surface area contributed by atoms with Crippen LogP contribution in [-0.2, 0) is 9.59 Å². The zero-order valence-electron chi connectivity index (χ0n) is 14.8. The Balaban J connectivity index is 1.47. The molecule has 0 atom stereocenters. The Morgan fingerprint density at radius 2 is 1.64 bits per heavy atom. The lowest BCUT2D eigenvalue weighted by Crippen LogP contribution is -2.20. The number of hydrogen-bond acceptors (Lipinski definition) is 3. The lowest BCUT2D eigenvalue weighted by Gasteiger charge is -2.07. The summed E-state index contributed by atoms with van der Waals surface area (Å²) in [4.78, 5) is 23.8. The second-order valence-electron chi connectivity index (χ2n) is 6.07. The summed E-state index contributed by atoms with van der Waals surface area (Å²) >= 11 is 11.8. The number of anilines is 1. The summed E-state index contributed by atoms with van der Waals surface area (Å²) in [6.45, 7) is 0. The van der Waals surface area contributed by atoms with E-state index in [1.54, 1.807) is 18.3 Å². The molecule has 2 amide bonds. The van der Waals surface area contributed by atoms with E-state index in [2.05, 4.69) is 15.8 Å². The number of nitrogens with one attached hydrogen (secondary N) is 2. The van der Waals surface area contributed by atoms with Gasteiger partial charge in [-0.25, -0.2) is 5.43 Å². The van der Waals surface area contributed by atoms with E-state index in [0.717, 1.165) is 16.3 Å². The number of fused-ring (bicyclic) bond motifs is 1. The highest BCUT2D eigenvalue weighted by Gasteiger charge is 2.09. The molecule has 3 aromatic rings. The maximum atomic E-state index is 12.0. The third-order valence-corrected chi connectivity index (χ3v) is 4.51. The minimum absolute atomic E-state index is 0.00605. The third kappa shape index (κ3) is 5.55. The molecule has 0 saturated carbocycles. The molecule has 0 unspecified atom stereocenters. The van der Waals surface area contributed by atoms with Gasteiger partial charge in [-0.2, -0.15) is 5.10 Å². The van der Waals surface area contributed by atoms with Crippen LogP contribution in [0.1, 0.15) is 18.4 Å². The van der Waals surface area contributed by atoms with Crippen molar-refractivity contribution in [2.45, 2.75) is 12.8 Å². The number of carbonyl (C=O) groups is 2. The summed E-state index contributed by atoms with van der Waals surface area (Å²) in [6, 6.07) is 18.6. The minimum atomic E-state index is -0.352. The Kier molecular flexibility index (Phi) is 6.63. The van der Waals surface area contributed by atoms with Crippen molar-refractivity contribution in [3.05, 3.63) is 76.3 Å². The van der Waals surface area contributed by atoms with E-state index >= 15 is 0 Å². The molecule has 0 radical (unpaired) electrons. The van der Waals surface area contributed by atoms with E-state index in [0.29, 0.717) is 15.7 Å². The molecule has 2 N–H and O–H groups in total. The number of halogens is 2. The van der Waals surface area contributed by atoms with Gasteiger partial charge in [0.15, 0.2) is 0 Å². The summed E-state index contributed by atoms with van der Waals surface area (Å²) in [5.74, 6) is -0.674. The van der Waals surface area contributed by atoms with Crippen LogP contribution in [0.2, 0.25) is 10.0 Å². The van der Waals surface area contributed by atoms with Crippen LogP contribution in [-0.4, -0.2) is 18.0 Å². The monoisotopic (exact) mass is 413 g/mol. The van der Waals surface area contributed by atoms with Crippen LogP contribution in [0, 0.1) is 0 Å². The summed E-state index contributed by atoms with van der Waals surface area (Å²) in [7, 11) is 0. The predicted octanol–water partition coefficient (Wildman–Crippen LogP) is 5.02. The molecule has 3 aromatic carbocycles. The number of hydrazone groups is 1. The standard InChI is InChI=1S/C21H17Cl2N3O2/c22-17-7-8-19(18(23)12-17)25-20(27)9-10-21(28)26-24-13-14-5-6-15-3-1-2-4-16(15)11-14/h1-8,11-13H,9-10H2,(H,25,27)(H,26,28)/b24-13+. The van der Waals surface area contributed by atoms with Crippen LogP contribution in [0.15, 0.2) is 65.8 Å². The smallest absolute Gasteiger partial charge is 0.240 e. The van der Waals surface area contributed by atoms with Gasteiger partial charge in [0, 0.05) is 17.9 Å². The van der Waals surface area contributed by atoms with Gasteiger partial charge in [0.05, 0.1) is 16.9 Å². The van der Waals surface area contributed by atoms with Crippen molar-refractivity contribution in [2.75, 3.05) is 5.32 Å². The van der Waals surface area contributed by atoms with Crippen molar-refractivity contribution in [1.82, 2.24) is 5.43 Å². The Labute approximate surface area is 172 Å². The lowest BCUT2D eigenvalue weighted by molar-refractivity contribution is -0.124. The maximum absolute atomic E-state index is 12.0. The first-order valence-corrected chi connectivity index (χ1v) is 9.32. The van der Waals surface area contributed by atoms with Crippen molar-refractivity contribution in [1.29, 1.82) is 0 Å². The molecule has 0 aromatic heterocycles. The first kappa shape index (κ1) is 19.9. The van der Waals surface area contributed by atoms with Crippen molar-refractivity contribution in [2.24, 2.45) is 5.10 Å². The fraction of sp³-hybridized carbons (Fsp3) is 0.0952. The average molecular weight is 414 g/mol. The Hall–Kier alpha value is -2.89. The molecule has 28 heavy (non-hydrogen) atoms. The van der Waals surface area contributed by atoms with Gasteiger partial charge in [0.25, 0.3) is 0 Å². The van der Waals surface area contributed by atoms with Crippen molar-refractivity contribution in [3.63, 3.8) is 0 Å². The summed E-state index contributed by atoms with van der Waals surface area (Å²) in [5, 5.41) is 9.63. The van der Waals surface area contributed by atoms with Gasteiger partial charge in [-0.05, 0) is 40.6 Å². The van der Waals surface area contributed by atoms with Gasteiger partial charge in [-0.3, -0.25) is 9.59 Å². The summed E-state index contributed by atoms with van der Waals surface area (Å²) in [5.41, 5.74) is 3.74. The first-order chi connectivity index (χ1) is 13.5. The third-order valence-electron chi connectivity index (χ3n) is 3.96. The molecular formula is C21H17Cl2N3O2. The lowest BCUT2D eigenvalue weighted by atomic mass is 10.1. The van der Waals surface area contributed by atoms with E-state index in [9.17, 15) is 9.59 Å². The van der Waals surface area contributed by atoms with Gasteiger partial charge >= 0.3 is 0 Å². The van der Waals surface area contributed by atoms with Gasteiger partial charge in [0.1, 0.15) is 0 Å². The molecule has 0 spiro atoms. The van der Waals surface area contributed by atoms with Crippen LogP contribution in [0.4, 0.5) is 5.69 Å². The Bertz CT molecular complexity index is 1050. The van der Waals surface area contributed by atoms with Crippen molar-refractivity contribution in [3.8, 4) is 0 Å². The molecule has 0 bridgehead atoms. The fourth-order valence-electron chi connectivity index (χ4n) is 2.55. The van der Waals surface area contributed by atoms with E-state index in [4.69, 9.17) is 23.2 Å². The molecular weight excluding hydrogens is 397 g/mol. The predicted molar refractivity (Wildman–Crippen MR) is 114 cm³/mol. The van der Waals surface area contributed by atoms with Crippen molar-refractivity contribution < 1.29 is 9.59 Å². The average Bonchev–Trinajstić information content (AvgIpc) is 2.68. The molecule has 142 valence electrons. The van der Waals surface area contributed by atoms with E-state index in [1.807, 2.05) is 42.5 Å². The maximum Gasteiger partial charge on any atom is 0.240 e. The molecule has 5 nitrogen and oxygen atoms in total. The first-order valence-electron chi connectivity index (χ1n) is 8.57. The van der Waals surface area contributed by atoms with E-state index in [1.165, 1.54) is 6.07 Å². The molecule has 0 heterocycles. The fourth-order valence-corrected chi connectivity index (χ4v) is 3.01. The SMILES string of the molecule is O=C(CCC(=O)Nc1ccc(Cl)cc1Cl)N/N=C/c1ccc2ccccc2c1. The van der Waals surface area contributed by atoms with Crippen LogP contribution >= 0.6 is 23.2 Å². The number of benzene rings is 3. The van der Waals surface area contributed by atoms with Gasteiger partial charge < -0.3 is 5.32 Å². The van der Waals surface area contributed by atoms with Gasteiger partial charge in [-0.15, -0.1) is 0 Å². The highest BCUT2D eigenvalue weighted by Crippen LogP contribution is 2.25. The molecule has 0 saturated heterocycles. The van der Waals surface area contributed by atoms with Crippen LogP contribution in [0.5, 0.6) is 0 Å². The van der Waals surface area contributed by atoms with E-state index < -0.39 is 0 Å². The minimum Gasteiger partial charge on any atom is -0.325 e. The quantitative estimate of drug-likeness (QED) is 0.440. The zero-order chi connectivity index (χ0) is 19.9. The molecule has 0 fully saturated rings. The van der Waals surface area contributed by atoms with Crippen molar-refractivity contribution >= 4 is 57.7 Å². The van der Waals surface area contributed by atoms with E-state index in [-0.39, 0.29) is 24.7 Å². The largest absolute Gasteiger partial charge is 0.325 e. The van der Waals surface area contributed by atoms with Crippen LogP contribution < -0.4 is 10.7 Å². The Morgan fingerprint density at radius 1 is 0.893 bits per heavy atom. The number of rotatable bonds is 6.